The van der Waals surface area contributed by atoms with Gasteiger partial charge >= 0.3 is 22.5 Å². The van der Waals surface area contributed by atoms with Gasteiger partial charge in [-0.25, -0.2) is 25.1 Å². The van der Waals surface area contributed by atoms with Crippen molar-refractivity contribution >= 4 is 0 Å². The van der Waals surface area contributed by atoms with Crippen molar-refractivity contribution in [2.24, 2.45) is 0 Å². The molecule has 0 radical (unpaired) electrons. The number of aliphatic hydroxyl groups excluding tert-OH is 6. The molecular formula is C26H35N9O10. The Hall–Kier alpha value is -4.40. The van der Waals surface area contributed by atoms with Crippen LogP contribution in [0.5, 0.6) is 0 Å². The maximum absolute atomic E-state index is 13.5. The first-order chi connectivity index (χ1) is 21.2. The van der Waals surface area contributed by atoms with Crippen molar-refractivity contribution in [1.29, 1.82) is 0 Å². The van der Waals surface area contributed by atoms with Crippen molar-refractivity contribution in [2.75, 3.05) is 18.7 Å². The Morgan fingerprint density at radius 1 is 0.667 bits per heavy atom. The molecule has 0 aromatic heterocycles. The van der Waals surface area contributed by atoms with Crippen LogP contribution < -0.4 is 28.0 Å². The maximum Gasteiger partial charge on any atom is 0.373 e. The zero-order chi connectivity index (χ0) is 33.3. The number of nitrogens with zero attached hydrogens (tertiary/aromatic N) is 8. The van der Waals surface area contributed by atoms with E-state index >= 15 is 0 Å². The first-order valence-electron chi connectivity index (χ1n) is 13.9. The highest BCUT2D eigenvalue weighted by molar-refractivity contribution is 5.52. The highest BCUT2D eigenvalue weighted by atomic mass is 16.3. The lowest BCUT2D eigenvalue weighted by Gasteiger charge is -2.24. The lowest BCUT2D eigenvalue weighted by molar-refractivity contribution is -0.00374. The molecule has 4 aliphatic rings. The number of hydrogen-bond donors (Lipinski definition) is 7. The fourth-order valence-corrected chi connectivity index (χ4v) is 4.77. The second-order valence-electron chi connectivity index (χ2n) is 10.7. The predicted octanol–water partition coefficient (Wildman–Crippen LogP) is -4.43. The van der Waals surface area contributed by atoms with E-state index in [2.05, 4.69) is 25.5 Å². The zero-order valence-electron chi connectivity index (χ0n) is 24.9. The van der Waals surface area contributed by atoms with E-state index < -0.39 is 53.5 Å². The molecule has 45 heavy (non-hydrogen) atoms. The van der Waals surface area contributed by atoms with E-state index in [1.54, 1.807) is 27.7 Å². The Bertz CT molecular complexity index is 1880. The molecule has 0 amide bonds. The molecule has 4 atom stereocenters. The van der Waals surface area contributed by atoms with Crippen LogP contribution in [0.15, 0.2) is 19.2 Å². The highest BCUT2D eigenvalue weighted by Gasteiger charge is 2.28. The molecule has 0 aromatic rings. The van der Waals surface area contributed by atoms with Crippen LogP contribution in [0.2, 0.25) is 0 Å². The molecule has 0 unspecified atom stereocenters. The van der Waals surface area contributed by atoms with E-state index in [0.29, 0.717) is 27.5 Å². The predicted molar refractivity (Wildman–Crippen MR) is 155 cm³/mol. The van der Waals surface area contributed by atoms with Crippen LogP contribution in [0.25, 0.3) is 23.0 Å². The maximum atomic E-state index is 13.5. The topological polar surface area (TPSA) is 273 Å². The lowest BCUT2D eigenvalue weighted by Crippen LogP contribution is -2.53. The zero-order valence-corrected chi connectivity index (χ0v) is 24.9. The molecule has 4 heterocycles. The standard InChI is InChI=1S/C26H35N9O10/c1-11-13(3)32(8-15(38)7-16(39)10-37)21-19(27-11)23(42)34(25(44)29-21)31-35-24(43)20-22(30-26(35)45)33(14(4)12(2)28-20)9-18(41)17(40)5-6-36/h15-18,31,36-41H,5-10H2,1-4H3/t15-,16+,17-,18-/m1/s1. The van der Waals surface area contributed by atoms with E-state index in [4.69, 9.17) is 10.2 Å². The number of aliphatic hydroxyl groups is 6. The van der Waals surface area contributed by atoms with Crippen molar-refractivity contribution in [3.63, 3.8) is 0 Å². The first kappa shape index (κ1) is 33.5. The average molecular weight is 634 g/mol. The van der Waals surface area contributed by atoms with Crippen LogP contribution in [-0.4, -0.2) is 107 Å². The second kappa shape index (κ2) is 13.3. The summed E-state index contributed by atoms with van der Waals surface area (Å²) in [4.78, 5) is 69.4. The van der Waals surface area contributed by atoms with Crippen molar-refractivity contribution in [2.45, 2.75) is 78.0 Å². The van der Waals surface area contributed by atoms with Crippen molar-refractivity contribution in [1.82, 2.24) is 38.4 Å². The van der Waals surface area contributed by atoms with Crippen LogP contribution in [0.4, 0.5) is 0 Å². The van der Waals surface area contributed by atoms with Crippen LogP contribution >= 0.6 is 0 Å². The summed E-state index contributed by atoms with van der Waals surface area (Å²) in [6, 6.07) is 0. The average Bonchev–Trinajstić information content (AvgIpc) is 2.98. The second-order valence-corrected chi connectivity index (χ2v) is 10.7. The number of aryl methyl sites for hydroxylation is 2. The molecule has 0 aliphatic carbocycles. The molecule has 19 heteroatoms. The summed E-state index contributed by atoms with van der Waals surface area (Å²) in [7, 11) is 0. The SMILES string of the molecule is Cc1nc2c(=O)n(Nn3c(=O)nc4n(C[C@@H](O)[C@H](O)CCO)c(C)c(C)nc-4c3=O)c(=O)nc-2n(C[C@H](O)C[C@H](O)CO)c1C. The lowest BCUT2D eigenvalue weighted by atomic mass is 10.1. The van der Waals surface area contributed by atoms with Gasteiger partial charge in [-0.15, -0.1) is 9.35 Å². The number of aromatic nitrogens is 8. The van der Waals surface area contributed by atoms with Gasteiger partial charge in [0.1, 0.15) is 0 Å². The van der Waals surface area contributed by atoms with Gasteiger partial charge < -0.3 is 39.8 Å². The summed E-state index contributed by atoms with van der Waals surface area (Å²) in [6.45, 7) is 4.88. The molecule has 0 bridgehead atoms. The Balaban J connectivity index is 1.83. The molecule has 0 aromatic carbocycles. The van der Waals surface area contributed by atoms with Crippen LogP contribution in [0.3, 0.4) is 0 Å². The molecule has 0 saturated heterocycles. The molecule has 0 fully saturated rings. The molecule has 0 spiro atoms. The summed E-state index contributed by atoms with van der Waals surface area (Å²) >= 11 is 0. The van der Waals surface area contributed by atoms with Gasteiger partial charge in [0.15, 0.2) is 23.0 Å². The van der Waals surface area contributed by atoms with E-state index in [9.17, 15) is 39.6 Å². The van der Waals surface area contributed by atoms with Gasteiger partial charge in [-0.05, 0) is 34.1 Å². The smallest absolute Gasteiger partial charge is 0.373 e. The van der Waals surface area contributed by atoms with Crippen molar-refractivity contribution < 1.29 is 30.6 Å². The van der Waals surface area contributed by atoms with Gasteiger partial charge in [-0.3, -0.25) is 9.59 Å². The van der Waals surface area contributed by atoms with Gasteiger partial charge in [-0.1, -0.05) is 0 Å². The highest BCUT2D eigenvalue weighted by Crippen LogP contribution is 2.20. The van der Waals surface area contributed by atoms with Gasteiger partial charge in [0, 0.05) is 24.4 Å². The molecule has 7 N–H and O–H groups in total. The summed E-state index contributed by atoms with van der Waals surface area (Å²) in [5, 5.41) is 58.8. The Labute approximate surface area is 253 Å². The van der Waals surface area contributed by atoms with Gasteiger partial charge in [0.25, 0.3) is 0 Å². The Morgan fingerprint density at radius 3 is 1.58 bits per heavy atom. The number of nitrogens with one attached hydrogen (secondary N) is 1. The van der Waals surface area contributed by atoms with E-state index in [1.807, 2.05) is 0 Å². The third-order valence-corrected chi connectivity index (χ3v) is 7.53. The Kier molecular flexibility index (Phi) is 9.90. The minimum Gasteiger partial charge on any atom is -0.396 e. The minimum atomic E-state index is -1.39. The van der Waals surface area contributed by atoms with Gasteiger partial charge in [0.05, 0.1) is 55.5 Å². The number of hydrogen-bond acceptors (Lipinski definition) is 15. The summed E-state index contributed by atoms with van der Waals surface area (Å²) in [5.41, 5.74) is -1.66. The normalized spacial score (nSPS) is 14.5. The van der Waals surface area contributed by atoms with Crippen molar-refractivity contribution in [3.8, 4) is 23.0 Å². The van der Waals surface area contributed by atoms with E-state index in [-0.39, 0.29) is 60.3 Å². The third kappa shape index (κ3) is 6.53. The molecule has 4 rings (SSSR count). The van der Waals surface area contributed by atoms with Crippen LogP contribution in [-0.2, 0) is 13.1 Å². The summed E-state index contributed by atoms with van der Waals surface area (Å²) in [5.74, 6) is -0.433. The summed E-state index contributed by atoms with van der Waals surface area (Å²) in [6.07, 6.45) is -5.41. The van der Waals surface area contributed by atoms with E-state index in [1.165, 1.54) is 9.13 Å². The number of rotatable bonds is 12. The minimum absolute atomic E-state index is 0.118. The number of fused-ring (bicyclic) bond motifs is 2. The fourth-order valence-electron chi connectivity index (χ4n) is 4.77. The molecule has 4 aliphatic heterocycles. The molecule has 19 nitrogen and oxygen atoms in total. The van der Waals surface area contributed by atoms with Gasteiger partial charge in [0.2, 0.25) is 0 Å². The quantitative estimate of drug-likeness (QED) is 0.0775. The molecule has 244 valence electrons. The first-order valence-corrected chi connectivity index (χ1v) is 13.9. The molecule has 0 saturated carbocycles. The van der Waals surface area contributed by atoms with Gasteiger partial charge in [-0.2, -0.15) is 9.97 Å². The summed E-state index contributed by atoms with van der Waals surface area (Å²) < 4.78 is 3.26. The van der Waals surface area contributed by atoms with Crippen LogP contribution in [0.1, 0.15) is 35.6 Å². The fraction of sp³-hybridized carbons (Fsp3) is 0.538. The third-order valence-electron chi connectivity index (χ3n) is 7.53. The Morgan fingerprint density at radius 2 is 1.13 bits per heavy atom. The largest absolute Gasteiger partial charge is 0.396 e. The van der Waals surface area contributed by atoms with Crippen molar-refractivity contribution in [3.05, 3.63) is 64.5 Å². The monoisotopic (exact) mass is 633 g/mol. The van der Waals surface area contributed by atoms with Crippen LogP contribution in [0, 0.1) is 27.7 Å². The molecular weight excluding hydrogens is 598 g/mol. The van der Waals surface area contributed by atoms with E-state index in [0.717, 1.165) is 0 Å².